The van der Waals surface area contributed by atoms with E-state index in [-0.39, 0.29) is 24.4 Å². The molecule has 118 valence electrons. The van der Waals surface area contributed by atoms with Gasteiger partial charge in [0.05, 0.1) is 12.5 Å². The molecule has 0 radical (unpaired) electrons. The molecule has 1 rings (SSSR count). The third-order valence-corrected chi connectivity index (χ3v) is 3.29. The Morgan fingerprint density at radius 2 is 2.10 bits per heavy atom. The second kappa shape index (κ2) is 7.41. The number of carbonyl (C=O) groups is 1. The van der Waals surface area contributed by atoms with Gasteiger partial charge < -0.3 is 14.8 Å². The predicted octanol–water partition coefficient (Wildman–Crippen LogP) is 3.07. The van der Waals surface area contributed by atoms with Crippen LogP contribution in [0.2, 0.25) is 0 Å². The van der Waals surface area contributed by atoms with E-state index < -0.39 is 11.2 Å². The van der Waals surface area contributed by atoms with Crippen LogP contribution in [0, 0.1) is 11.2 Å². The lowest BCUT2D eigenvalue weighted by atomic mass is 9.95. The molecule has 0 fully saturated rings. The van der Waals surface area contributed by atoms with Crippen molar-refractivity contribution in [2.24, 2.45) is 5.41 Å². The van der Waals surface area contributed by atoms with Crippen molar-refractivity contribution in [1.82, 2.24) is 5.32 Å². The Hall–Kier alpha value is -1.62. The Bertz CT molecular complexity index is 488. The quantitative estimate of drug-likeness (QED) is 0.786. The van der Waals surface area contributed by atoms with Crippen molar-refractivity contribution in [3.8, 4) is 5.75 Å². The van der Waals surface area contributed by atoms with Crippen LogP contribution in [-0.4, -0.2) is 26.2 Å². The van der Waals surface area contributed by atoms with Crippen molar-refractivity contribution >= 4 is 5.97 Å². The number of benzene rings is 1. The van der Waals surface area contributed by atoms with Crippen LogP contribution in [0.3, 0.4) is 0 Å². The molecule has 0 aliphatic rings. The van der Waals surface area contributed by atoms with Gasteiger partial charge >= 0.3 is 5.97 Å². The molecule has 1 aromatic rings. The van der Waals surface area contributed by atoms with Crippen LogP contribution >= 0.6 is 0 Å². The van der Waals surface area contributed by atoms with Gasteiger partial charge in [0.25, 0.3) is 0 Å². The van der Waals surface area contributed by atoms with Gasteiger partial charge in [-0.25, -0.2) is 4.39 Å². The van der Waals surface area contributed by atoms with E-state index in [1.54, 1.807) is 19.9 Å². The molecule has 0 aliphatic carbocycles. The summed E-state index contributed by atoms with van der Waals surface area (Å²) >= 11 is 0. The summed E-state index contributed by atoms with van der Waals surface area (Å²) in [7, 11) is 1.32. The third-order valence-electron chi connectivity index (χ3n) is 3.29. The first-order valence-electron chi connectivity index (χ1n) is 7.06. The Morgan fingerprint density at radius 1 is 1.43 bits per heavy atom. The number of halogens is 1. The average Bonchev–Trinajstić information content (AvgIpc) is 2.45. The second-order valence-electron chi connectivity index (χ2n) is 5.63. The Balaban J connectivity index is 2.75. The normalized spacial score (nSPS) is 12.9. The molecule has 0 spiro atoms. The average molecular weight is 297 g/mol. The summed E-state index contributed by atoms with van der Waals surface area (Å²) in [5.74, 6) is -0.683. The van der Waals surface area contributed by atoms with Crippen molar-refractivity contribution in [2.45, 2.75) is 33.7 Å². The van der Waals surface area contributed by atoms with Gasteiger partial charge in [0, 0.05) is 6.04 Å². The minimum Gasteiger partial charge on any atom is -0.489 e. The monoisotopic (exact) mass is 297 g/mol. The fourth-order valence-corrected chi connectivity index (χ4v) is 1.92. The Labute approximate surface area is 125 Å². The van der Waals surface area contributed by atoms with Gasteiger partial charge in [-0.2, -0.15) is 0 Å². The first-order valence-corrected chi connectivity index (χ1v) is 7.06. The SMILES string of the molecule is CCNC(C)c1ccc(OCC(C)(C)C(=O)OC)c(F)c1. The lowest BCUT2D eigenvalue weighted by molar-refractivity contribution is -0.152. The van der Waals surface area contributed by atoms with Crippen LogP contribution in [0.25, 0.3) is 0 Å². The number of ether oxygens (including phenoxy) is 2. The van der Waals surface area contributed by atoms with E-state index >= 15 is 0 Å². The largest absolute Gasteiger partial charge is 0.489 e. The van der Waals surface area contributed by atoms with Crippen LogP contribution in [0.4, 0.5) is 4.39 Å². The molecule has 0 aromatic heterocycles. The molecule has 1 unspecified atom stereocenters. The lowest BCUT2D eigenvalue weighted by Crippen LogP contribution is -2.32. The number of nitrogens with one attached hydrogen (secondary N) is 1. The van der Waals surface area contributed by atoms with Gasteiger partial charge in [0.2, 0.25) is 0 Å². The van der Waals surface area contributed by atoms with E-state index in [1.165, 1.54) is 13.2 Å². The lowest BCUT2D eigenvalue weighted by Gasteiger charge is -2.22. The van der Waals surface area contributed by atoms with Crippen molar-refractivity contribution < 1.29 is 18.7 Å². The smallest absolute Gasteiger partial charge is 0.314 e. The van der Waals surface area contributed by atoms with Gasteiger partial charge in [-0.15, -0.1) is 0 Å². The van der Waals surface area contributed by atoms with Gasteiger partial charge in [0.15, 0.2) is 11.6 Å². The van der Waals surface area contributed by atoms with Gasteiger partial charge in [-0.3, -0.25) is 4.79 Å². The molecule has 0 aliphatic heterocycles. The van der Waals surface area contributed by atoms with Gasteiger partial charge in [0.1, 0.15) is 6.61 Å². The van der Waals surface area contributed by atoms with Crippen molar-refractivity contribution in [2.75, 3.05) is 20.3 Å². The Kier molecular flexibility index (Phi) is 6.15. The standard InChI is InChI=1S/C16H24FNO3/c1-6-18-11(2)12-7-8-14(13(17)9-12)21-10-16(3,4)15(19)20-5/h7-9,11,18H,6,10H2,1-5H3. The van der Waals surface area contributed by atoms with E-state index in [9.17, 15) is 9.18 Å². The number of carbonyl (C=O) groups excluding carboxylic acids is 1. The Morgan fingerprint density at radius 3 is 2.62 bits per heavy atom. The molecule has 4 nitrogen and oxygen atoms in total. The molecule has 0 saturated carbocycles. The van der Waals surface area contributed by atoms with Crippen LogP contribution in [-0.2, 0) is 9.53 Å². The summed E-state index contributed by atoms with van der Waals surface area (Å²) in [6, 6.07) is 4.93. The van der Waals surface area contributed by atoms with Crippen LogP contribution in [0.5, 0.6) is 5.75 Å². The van der Waals surface area contributed by atoms with Crippen molar-refractivity contribution in [3.05, 3.63) is 29.6 Å². The topological polar surface area (TPSA) is 47.6 Å². The molecule has 0 amide bonds. The summed E-state index contributed by atoms with van der Waals surface area (Å²) in [4.78, 5) is 11.6. The molecule has 5 heteroatoms. The minimum absolute atomic E-state index is 0.0543. The summed E-state index contributed by atoms with van der Waals surface area (Å²) in [5.41, 5.74) is 0.0330. The maximum Gasteiger partial charge on any atom is 0.314 e. The molecule has 1 aromatic carbocycles. The van der Waals surface area contributed by atoms with E-state index in [1.807, 2.05) is 19.9 Å². The highest BCUT2D eigenvalue weighted by Gasteiger charge is 2.30. The van der Waals surface area contributed by atoms with E-state index in [2.05, 4.69) is 5.32 Å². The van der Waals surface area contributed by atoms with Crippen LogP contribution in [0.15, 0.2) is 18.2 Å². The molecular weight excluding hydrogens is 273 g/mol. The van der Waals surface area contributed by atoms with E-state index in [0.29, 0.717) is 0 Å². The first kappa shape index (κ1) is 17.4. The molecule has 21 heavy (non-hydrogen) atoms. The van der Waals surface area contributed by atoms with Gasteiger partial charge in [-0.1, -0.05) is 13.0 Å². The number of hydrogen-bond donors (Lipinski definition) is 1. The molecular formula is C16H24FNO3. The second-order valence-corrected chi connectivity index (χ2v) is 5.63. The fourth-order valence-electron chi connectivity index (χ4n) is 1.92. The molecule has 0 heterocycles. The first-order chi connectivity index (χ1) is 9.81. The fraction of sp³-hybridized carbons (Fsp3) is 0.562. The zero-order valence-electron chi connectivity index (χ0n) is 13.3. The van der Waals surface area contributed by atoms with Crippen molar-refractivity contribution in [3.63, 3.8) is 0 Å². The van der Waals surface area contributed by atoms with Crippen LogP contribution < -0.4 is 10.1 Å². The maximum absolute atomic E-state index is 14.0. The van der Waals surface area contributed by atoms with Gasteiger partial charge in [-0.05, 0) is 45.0 Å². The summed E-state index contributed by atoms with van der Waals surface area (Å²) in [6.07, 6.45) is 0. The summed E-state index contributed by atoms with van der Waals surface area (Å²) < 4.78 is 24.2. The van der Waals surface area contributed by atoms with E-state index in [4.69, 9.17) is 9.47 Å². The summed E-state index contributed by atoms with van der Waals surface area (Å²) in [5, 5.41) is 3.22. The number of esters is 1. The third kappa shape index (κ3) is 4.70. The van der Waals surface area contributed by atoms with Crippen molar-refractivity contribution in [1.29, 1.82) is 0 Å². The zero-order valence-corrected chi connectivity index (χ0v) is 13.3. The van der Waals surface area contributed by atoms with Crippen LogP contribution in [0.1, 0.15) is 39.3 Å². The number of hydrogen-bond acceptors (Lipinski definition) is 4. The molecule has 1 atom stereocenters. The molecule has 1 N–H and O–H groups in total. The maximum atomic E-state index is 14.0. The zero-order chi connectivity index (χ0) is 16.0. The summed E-state index contributed by atoms with van der Waals surface area (Å²) in [6.45, 7) is 8.22. The number of methoxy groups -OCH3 is 1. The molecule has 0 bridgehead atoms. The number of rotatable bonds is 7. The highest BCUT2D eigenvalue weighted by atomic mass is 19.1. The van der Waals surface area contributed by atoms with E-state index in [0.717, 1.165) is 12.1 Å². The highest BCUT2D eigenvalue weighted by Crippen LogP contribution is 2.25. The highest BCUT2D eigenvalue weighted by molar-refractivity contribution is 5.75. The minimum atomic E-state index is -0.823. The predicted molar refractivity (Wildman–Crippen MR) is 79.8 cm³/mol. The molecule has 0 saturated heterocycles.